The molecular weight excluding hydrogens is 198 g/mol. The third-order valence-electron chi connectivity index (χ3n) is 1.44. The zero-order chi connectivity index (χ0) is 9.84. The Morgan fingerprint density at radius 2 is 2.00 bits per heavy atom. The van der Waals surface area contributed by atoms with Crippen molar-refractivity contribution >= 4 is 11.6 Å². The second-order valence-electron chi connectivity index (χ2n) is 2.55. The smallest absolute Gasteiger partial charge is 0.168 e. The highest BCUT2D eigenvalue weighted by Gasteiger charge is 2.08. The van der Waals surface area contributed by atoms with Gasteiger partial charge in [0.1, 0.15) is 5.82 Å². The maximum atomic E-state index is 12.9. The van der Waals surface area contributed by atoms with Crippen LogP contribution in [0.2, 0.25) is 5.02 Å². The third kappa shape index (κ3) is 2.56. The van der Waals surface area contributed by atoms with Crippen molar-refractivity contribution in [2.75, 3.05) is 6.61 Å². The van der Waals surface area contributed by atoms with Gasteiger partial charge in [-0.1, -0.05) is 18.5 Å². The molecule has 1 nitrogen and oxygen atoms in total. The van der Waals surface area contributed by atoms with E-state index >= 15 is 0 Å². The van der Waals surface area contributed by atoms with Crippen molar-refractivity contribution in [3.63, 3.8) is 0 Å². The molecule has 0 aliphatic heterocycles. The average molecular weight is 207 g/mol. The summed E-state index contributed by atoms with van der Waals surface area (Å²) in [4.78, 5) is 0. The minimum absolute atomic E-state index is 0.00625. The summed E-state index contributed by atoms with van der Waals surface area (Å²) < 4.78 is 30.6. The van der Waals surface area contributed by atoms with E-state index in [0.29, 0.717) is 12.7 Å². The number of benzene rings is 1. The highest BCUT2D eigenvalue weighted by atomic mass is 35.5. The molecule has 13 heavy (non-hydrogen) atoms. The molecule has 0 bridgehead atoms. The minimum atomic E-state index is -0.775. The topological polar surface area (TPSA) is 9.23 Å². The molecular formula is C9H9ClF2O. The van der Waals surface area contributed by atoms with Crippen molar-refractivity contribution in [1.82, 2.24) is 0 Å². The Balaban J connectivity index is 2.88. The predicted molar refractivity (Wildman–Crippen MR) is 47.2 cm³/mol. The van der Waals surface area contributed by atoms with Crippen LogP contribution in [0.4, 0.5) is 8.78 Å². The summed E-state index contributed by atoms with van der Waals surface area (Å²) in [5.74, 6) is -1.51. The summed E-state index contributed by atoms with van der Waals surface area (Å²) in [6, 6.07) is 1.86. The summed E-state index contributed by atoms with van der Waals surface area (Å²) in [6.45, 7) is 2.28. The van der Waals surface area contributed by atoms with Crippen LogP contribution in [0.25, 0.3) is 0 Å². The highest BCUT2D eigenvalue weighted by molar-refractivity contribution is 6.30. The van der Waals surface area contributed by atoms with Crippen LogP contribution in [-0.2, 0) is 0 Å². The Morgan fingerprint density at radius 3 is 2.62 bits per heavy atom. The number of ether oxygens (including phenoxy) is 1. The third-order valence-corrected chi connectivity index (χ3v) is 1.73. The normalized spacial score (nSPS) is 10.2. The van der Waals surface area contributed by atoms with Gasteiger partial charge in [0.2, 0.25) is 0 Å². The van der Waals surface area contributed by atoms with Gasteiger partial charge in [-0.2, -0.15) is 0 Å². The van der Waals surface area contributed by atoms with E-state index in [-0.39, 0.29) is 10.8 Å². The SMILES string of the molecule is CCCOc1cc(Cl)c(F)cc1F. The Kier molecular flexibility index (Phi) is 3.48. The molecule has 72 valence electrons. The number of hydrogen-bond acceptors (Lipinski definition) is 1. The van der Waals surface area contributed by atoms with E-state index < -0.39 is 11.6 Å². The minimum Gasteiger partial charge on any atom is -0.490 e. The summed E-state index contributed by atoms with van der Waals surface area (Å²) >= 11 is 5.44. The van der Waals surface area contributed by atoms with Crippen molar-refractivity contribution in [3.05, 3.63) is 28.8 Å². The monoisotopic (exact) mass is 206 g/mol. The second-order valence-corrected chi connectivity index (χ2v) is 2.95. The maximum absolute atomic E-state index is 12.9. The van der Waals surface area contributed by atoms with Crippen LogP contribution in [0, 0.1) is 11.6 Å². The van der Waals surface area contributed by atoms with Crippen LogP contribution in [0.15, 0.2) is 12.1 Å². The molecule has 1 aromatic rings. The molecule has 4 heteroatoms. The zero-order valence-electron chi connectivity index (χ0n) is 7.11. The van der Waals surface area contributed by atoms with Crippen LogP contribution in [0.5, 0.6) is 5.75 Å². The largest absolute Gasteiger partial charge is 0.490 e. The predicted octanol–water partition coefficient (Wildman–Crippen LogP) is 3.41. The fourth-order valence-electron chi connectivity index (χ4n) is 0.827. The molecule has 0 radical (unpaired) electrons. The lowest BCUT2D eigenvalue weighted by molar-refractivity contribution is 0.300. The number of halogens is 3. The molecule has 0 unspecified atom stereocenters. The molecule has 1 rings (SSSR count). The fourth-order valence-corrected chi connectivity index (χ4v) is 0.981. The molecule has 0 saturated carbocycles. The maximum Gasteiger partial charge on any atom is 0.168 e. The van der Waals surface area contributed by atoms with E-state index in [9.17, 15) is 8.78 Å². The first-order valence-electron chi connectivity index (χ1n) is 3.92. The first-order chi connectivity index (χ1) is 6.15. The highest BCUT2D eigenvalue weighted by Crippen LogP contribution is 2.24. The van der Waals surface area contributed by atoms with Gasteiger partial charge in [0.25, 0.3) is 0 Å². The van der Waals surface area contributed by atoms with E-state index in [1.165, 1.54) is 0 Å². The van der Waals surface area contributed by atoms with Gasteiger partial charge in [-0.25, -0.2) is 8.78 Å². The molecule has 0 atom stereocenters. The summed E-state index contributed by atoms with van der Waals surface area (Å²) in [5, 5.41) is -0.132. The quantitative estimate of drug-likeness (QED) is 0.689. The van der Waals surface area contributed by atoms with Crippen molar-refractivity contribution in [3.8, 4) is 5.75 Å². The van der Waals surface area contributed by atoms with E-state index in [4.69, 9.17) is 16.3 Å². The first-order valence-corrected chi connectivity index (χ1v) is 4.30. The molecule has 0 aliphatic rings. The Bertz CT molecular complexity index is 302. The molecule has 0 spiro atoms. The van der Waals surface area contributed by atoms with Gasteiger partial charge in [0, 0.05) is 12.1 Å². The molecule has 0 aliphatic carbocycles. The standard InChI is InChI=1S/C9H9ClF2O/c1-2-3-13-9-4-6(10)7(11)5-8(9)12/h4-5H,2-3H2,1H3. The lowest BCUT2D eigenvalue weighted by Crippen LogP contribution is -1.98. The van der Waals surface area contributed by atoms with Crippen molar-refractivity contribution < 1.29 is 13.5 Å². The summed E-state index contributed by atoms with van der Waals surface area (Å²) in [5.41, 5.74) is 0. The second kappa shape index (κ2) is 4.42. The van der Waals surface area contributed by atoms with Gasteiger partial charge in [-0.3, -0.25) is 0 Å². The molecule has 0 amide bonds. The Morgan fingerprint density at radius 1 is 1.31 bits per heavy atom. The van der Waals surface area contributed by atoms with Crippen LogP contribution >= 0.6 is 11.6 Å². The van der Waals surface area contributed by atoms with Crippen LogP contribution in [0.3, 0.4) is 0 Å². The first kappa shape index (κ1) is 10.3. The average Bonchev–Trinajstić information content (AvgIpc) is 2.09. The van der Waals surface area contributed by atoms with Crippen molar-refractivity contribution in [2.24, 2.45) is 0 Å². The van der Waals surface area contributed by atoms with Gasteiger partial charge in [-0.05, 0) is 6.42 Å². The van der Waals surface area contributed by atoms with Gasteiger partial charge in [0.05, 0.1) is 11.6 Å². The molecule has 0 heterocycles. The van der Waals surface area contributed by atoms with Gasteiger partial charge in [-0.15, -0.1) is 0 Å². The molecule has 0 aromatic heterocycles. The Hall–Kier alpha value is -0.830. The van der Waals surface area contributed by atoms with Crippen LogP contribution < -0.4 is 4.74 Å². The van der Waals surface area contributed by atoms with E-state index in [2.05, 4.69) is 0 Å². The van der Waals surface area contributed by atoms with Crippen LogP contribution in [0.1, 0.15) is 13.3 Å². The Labute approximate surface area is 80.3 Å². The molecule has 0 fully saturated rings. The van der Waals surface area contributed by atoms with E-state index in [1.54, 1.807) is 0 Å². The fraction of sp³-hybridized carbons (Fsp3) is 0.333. The van der Waals surface area contributed by atoms with Crippen molar-refractivity contribution in [1.29, 1.82) is 0 Å². The number of rotatable bonds is 3. The molecule has 0 saturated heterocycles. The molecule has 1 aromatic carbocycles. The zero-order valence-corrected chi connectivity index (χ0v) is 7.87. The number of hydrogen-bond donors (Lipinski definition) is 0. The summed E-state index contributed by atoms with van der Waals surface area (Å²) in [7, 11) is 0. The summed E-state index contributed by atoms with van der Waals surface area (Å²) in [6.07, 6.45) is 0.758. The van der Waals surface area contributed by atoms with E-state index in [1.807, 2.05) is 6.92 Å². The lowest BCUT2D eigenvalue weighted by atomic mass is 10.3. The van der Waals surface area contributed by atoms with Crippen LogP contribution in [-0.4, -0.2) is 6.61 Å². The lowest BCUT2D eigenvalue weighted by Gasteiger charge is -2.06. The van der Waals surface area contributed by atoms with Gasteiger partial charge < -0.3 is 4.74 Å². The van der Waals surface area contributed by atoms with Gasteiger partial charge in [0.15, 0.2) is 11.6 Å². The van der Waals surface area contributed by atoms with Gasteiger partial charge >= 0.3 is 0 Å². The van der Waals surface area contributed by atoms with Crippen molar-refractivity contribution in [2.45, 2.75) is 13.3 Å². The molecule has 0 N–H and O–H groups in total. The van der Waals surface area contributed by atoms with E-state index in [0.717, 1.165) is 12.5 Å².